The number of benzene rings is 1. The zero-order chi connectivity index (χ0) is 14.9. The normalized spacial score (nSPS) is 18.9. The third-order valence-electron chi connectivity index (χ3n) is 4.27. The minimum atomic E-state index is 0.481. The lowest BCUT2D eigenvalue weighted by Gasteiger charge is -2.10. The first kappa shape index (κ1) is 13.3. The highest BCUT2D eigenvalue weighted by Gasteiger charge is 2.21. The molecule has 1 aliphatic heterocycles. The molecule has 1 unspecified atom stereocenters. The summed E-state index contributed by atoms with van der Waals surface area (Å²) in [4.78, 5) is 6.74. The van der Waals surface area contributed by atoms with E-state index in [9.17, 15) is 0 Å². The second-order valence-electron chi connectivity index (χ2n) is 5.91. The topological polar surface area (TPSA) is 46.0 Å². The average Bonchev–Trinajstić information content (AvgIpc) is 3.17. The number of fused-ring (bicyclic) bond motifs is 1. The predicted molar refractivity (Wildman–Crippen MR) is 88.4 cm³/mol. The van der Waals surface area contributed by atoms with Gasteiger partial charge in [0, 0.05) is 30.0 Å². The number of pyridine rings is 1. The van der Waals surface area contributed by atoms with Crippen molar-refractivity contribution in [3.8, 4) is 0 Å². The van der Waals surface area contributed by atoms with Crippen LogP contribution in [0.3, 0.4) is 0 Å². The Morgan fingerprint density at radius 1 is 1.23 bits per heavy atom. The van der Waals surface area contributed by atoms with Crippen LogP contribution in [0, 0.1) is 0 Å². The van der Waals surface area contributed by atoms with Gasteiger partial charge in [-0.15, -0.1) is 0 Å². The van der Waals surface area contributed by atoms with Crippen molar-refractivity contribution in [3.63, 3.8) is 0 Å². The molecule has 4 rings (SSSR count). The van der Waals surface area contributed by atoms with E-state index < -0.39 is 0 Å². The molecule has 1 N–H and O–H groups in total. The largest absolute Gasteiger partial charge is 0.352 e. The van der Waals surface area contributed by atoms with Crippen molar-refractivity contribution < 1.29 is 0 Å². The van der Waals surface area contributed by atoms with Crippen LogP contribution in [0.2, 0.25) is 0 Å². The summed E-state index contributed by atoms with van der Waals surface area (Å²) < 4.78 is 2.08. The summed E-state index contributed by atoms with van der Waals surface area (Å²) in [5.74, 6) is 0. The van der Waals surface area contributed by atoms with Gasteiger partial charge in [-0.2, -0.15) is 5.10 Å². The second kappa shape index (κ2) is 5.42. The van der Waals surface area contributed by atoms with Gasteiger partial charge in [0.1, 0.15) is 0 Å². The molecule has 1 aromatic carbocycles. The van der Waals surface area contributed by atoms with Crippen LogP contribution in [0.25, 0.3) is 10.9 Å². The van der Waals surface area contributed by atoms with Gasteiger partial charge < -0.3 is 10.2 Å². The quantitative estimate of drug-likeness (QED) is 0.806. The fourth-order valence-electron chi connectivity index (χ4n) is 3.09. The molecule has 0 radical (unpaired) electrons. The lowest BCUT2D eigenvalue weighted by Crippen LogP contribution is -2.16. The number of likely N-dealkylation sites (tertiary alicyclic amines) is 1. The highest BCUT2D eigenvalue weighted by Crippen LogP contribution is 2.26. The molecule has 5 heteroatoms. The Kier molecular flexibility index (Phi) is 3.27. The molecule has 0 saturated carbocycles. The fourth-order valence-corrected chi connectivity index (χ4v) is 3.09. The third-order valence-corrected chi connectivity index (χ3v) is 4.27. The van der Waals surface area contributed by atoms with Gasteiger partial charge in [0.15, 0.2) is 0 Å². The second-order valence-corrected chi connectivity index (χ2v) is 5.91. The lowest BCUT2D eigenvalue weighted by molar-refractivity contribution is 0.382. The van der Waals surface area contributed by atoms with E-state index in [1.165, 1.54) is 0 Å². The van der Waals surface area contributed by atoms with E-state index in [-0.39, 0.29) is 0 Å². The number of para-hydroxylation sites is 1. The van der Waals surface area contributed by atoms with Crippen molar-refractivity contribution in [2.45, 2.75) is 12.5 Å². The van der Waals surface area contributed by atoms with Gasteiger partial charge in [0.25, 0.3) is 0 Å². The maximum absolute atomic E-state index is 4.52. The van der Waals surface area contributed by atoms with Gasteiger partial charge in [-0.3, -0.25) is 9.67 Å². The number of rotatable bonds is 3. The Labute approximate surface area is 129 Å². The minimum absolute atomic E-state index is 0.481. The molecular weight excluding hydrogens is 274 g/mol. The third kappa shape index (κ3) is 2.44. The van der Waals surface area contributed by atoms with Crippen LogP contribution in [0.15, 0.2) is 48.9 Å². The molecule has 0 aliphatic carbocycles. The summed E-state index contributed by atoms with van der Waals surface area (Å²) in [6, 6.07) is 10.6. The fraction of sp³-hybridized carbons (Fsp3) is 0.294. The van der Waals surface area contributed by atoms with Gasteiger partial charge in [-0.05, 0) is 32.1 Å². The van der Waals surface area contributed by atoms with Crippen LogP contribution in [-0.2, 0) is 0 Å². The van der Waals surface area contributed by atoms with Crippen LogP contribution in [0.4, 0.5) is 11.4 Å². The molecular formula is C17H19N5. The molecule has 0 bridgehead atoms. The maximum atomic E-state index is 4.52. The summed E-state index contributed by atoms with van der Waals surface area (Å²) in [6.45, 7) is 2.21. The van der Waals surface area contributed by atoms with Crippen molar-refractivity contribution in [2.24, 2.45) is 0 Å². The molecule has 112 valence electrons. The van der Waals surface area contributed by atoms with Gasteiger partial charge in [-0.25, -0.2) is 0 Å². The molecule has 1 atom stereocenters. The van der Waals surface area contributed by atoms with E-state index in [1.54, 1.807) is 0 Å². The molecule has 1 fully saturated rings. The lowest BCUT2D eigenvalue weighted by atomic mass is 10.2. The van der Waals surface area contributed by atoms with Crippen LogP contribution < -0.4 is 5.32 Å². The highest BCUT2D eigenvalue weighted by atomic mass is 15.3. The Balaban J connectivity index is 1.59. The average molecular weight is 293 g/mol. The molecule has 22 heavy (non-hydrogen) atoms. The van der Waals surface area contributed by atoms with Crippen LogP contribution in [-0.4, -0.2) is 39.8 Å². The number of aromatic nitrogens is 3. The van der Waals surface area contributed by atoms with Crippen LogP contribution in [0.5, 0.6) is 0 Å². The number of hydrogen-bond donors (Lipinski definition) is 1. The van der Waals surface area contributed by atoms with Crippen molar-refractivity contribution >= 4 is 22.3 Å². The molecule has 3 heterocycles. The molecule has 3 aromatic rings. The zero-order valence-electron chi connectivity index (χ0n) is 12.6. The standard InChI is InChI=1S/C17H19N5/c1-21-9-7-14(12-21)22-11-13(10-19-22)20-17-6-8-18-16-5-3-2-4-15(16)17/h2-6,8,10-11,14H,7,9,12H2,1H3,(H,18,20). The summed E-state index contributed by atoms with van der Waals surface area (Å²) in [7, 11) is 2.16. The number of nitrogens with one attached hydrogen (secondary N) is 1. The summed E-state index contributed by atoms with van der Waals surface area (Å²) >= 11 is 0. The number of anilines is 2. The Bertz CT molecular complexity index is 789. The highest BCUT2D eigenvalue weighted by molar-refractivity contribution is 5.92. The smallest absolute Gasteiger partial charge is 0.0770 e. The molecule has 1 aliphatic rings. The van der Waals surface area contributed by atoms with E-state index in [0.717, 1.165) is 41.8 Å². The molecule has 5 nitrogen and oxygen atoms in total. The van der Waals surface area contributed by atoms with Gasteiger partial charge in [0.2, 0.25) is 0 Å². The SMILES string of the molecule is CN1CCC(n2cc(Nc3ccnc4ccccc34)cn2)C1. The minimum Gasteiger partial charge on any atom is -0.352 e. The van der Waals surface area contributed by atoms with Crippen molar-refractivity contribution in [3.05, 3.63) is 48.9 Å². The molecule has 0 amide bonds. The van der Waals surface area contributed by atoms with E-state index in [1.807, 2.05) is 36.7 Å². The van der Waals surface area contributed by atoms with Crippen LogP contribution >= 0.6 is 0 Å². The first-order valence-corrected chi connectivity index (χ1v) is 7.63. The van der Waals surface area contributed by atoms with Crippen molar-refractivity contribution in [1.82, 2.24) is 19.7 Å². The van der Waals surface area contributed by atoms with Crippen molar-refractivity contribution in [2.75, 3.05) is 25.5 Å². The van der Waals surface area contributed by atoms with E-state index in [4.69, 9.17) is 0 Å². The van der Waals surface area contributed by atoms with Gasteiger partial charge in [-0.1, -0.05) is 18.2 Å². The number of likely N-dealkylation sites (N-methyl/N-ethyl adjacent to an activating group) is 1. The predicted octanol–water partition coefficient (Wildman–Crippen LogP) is 3.05. The first-order chi connectivity index (χ1) is 10.8. The summed E-state index contributed by atoms with van der Waals surface area (Å²) in [5, 5.41) is 9.11. The Morgan fingerprint density at radius 3 is 3.00 bits per heavy atom. The monoisotopic (exact) mass is 293 g/mol. The molecule has 1 saturated heterocycles. The van der Waals surface area contributed by atoms with E-state index in [0.29, 0.717) is 6.04 Å². The Hall–Kier alpha value is -2.40. The number of nitrogens with zero attached hydrogens (tertiary/aromatic N) is 4. The number of hydrogen-bond acceptors (Lipinski definition) is 4. The van der Waals surface area contributed by atoms with Crippen LogP contribution in [0.1, 0.15) is 12.5 Å². The summed E-state index contributed by atoms with van der Waals surface area (Å²) in [5.41, 5.74) is 3.08. The molecule has 0 spiro atoms. The van der Waals surface area contributed by atoms with E-state index >= 15 is 0 Å². The molecule has 2 aromatic heterocycles. The van der Waals surface area contributed by atoms with Gasteiger partial charge in [0.05, 0.1) is 23.4 Å². The van der Waals surface area contributed by atoms with Gasteiger partial charge >= 0.3 is 0 Å². The maximum Gasteiger partial charge on any atom is 0.0770 e. The van der Waals surface area contributed by atoms with E-state index in [2.05, 4.69) is 44.3 Å². The zero-order valence-corrected chi connectivity index (χ0v) is 12.6. The van der Waals surface area contributed by atoms with Crippen molar-refractivity contribution in [1.29, 1.82) is 0 Å². The summed E-state index contributed by atoms with van der Waals surface area (Å²) in [6.07, 6.45) is 6.99. The first-order valence-electron chi connectivity index (χ1n) is 7.63. The Morgan fingerprint density at radius 2 is 2.14 bits per heavy atom.